The Labute approximate surface area is 120 Å². The van der Waals surface area contributed by atoms with E-state index in [1.807, 2.05) is 4.68 Å². The summed E-state index contributed by atoms with van der Waals surface area (Å²) in [5, 5.41) is 7.51. The van der Waals surface area contributed by atoms with Crippen LogP contribution in [0, 0.1) is 0 Å². The normalized spacial score (nSPS) is 23.9. The largest absolute Gasteiger partial charge is 0.310 e. The van der Waals surface area contributed by atoms with E-state index >= 15 is 0 Å². The molecule has 6 nitrogen and oxygen atoms in total. The monoisotopic (exact) mass is 300 g/mol. The Balaban J connectivity index is 1.97. The van der Waals surface area contributed by atoms with Crippen LogP contribution in [0.3, 0.4) is 0 Å². The SMILES string of the molecule is CCCNCc1ncn(C2CCCC(S(C)(=O)=O)C2)n1. The van der Waals surface area contributed by atoms with Crippen molar-refractivity contribution in [1.29, 1.82) is 0 Å². The number of sulfone groups is 1. The van der Waals surface area contributed by atoms with Gasteiger partial charge in [-0.1, -0.05) is 13.3 Å². The molecule has 7 heteroatoms. The molecule has 114 valence electrons. The van der Waals surface area contributed by atoms with Crippen LogP contribution >= 0.6 is 0 Å². The first-order valence-electron chi connectivity index (χ1n) is 7.30. The number of rotatable bonds is 6. The van der Waals surface area contributed by atoms with Crippen LogP contribution in [0.2, 0.25) is 0 Å². The van der Waals surface area contributed by atoms with Crippen LogP contribution in [0.25, 0.3) is 0 Å². The third-order valence-electron chi connectivity index (χ3n) is 3.84. The maximum absolute atomic E-state index is 11.7. The molecule has 1 aliphatic carbocycles. The minimum atomic E-state index is -2.95. The summed E-state index contributed by atoms with van der Waals surface area (Å²) in [6, 6.07) is 0.163. The predicted molar refractivity (Wildman–Crippen MR) is 78.2 cm³/mol. The molecule has 1 saturated carbocycles. The van der Waals surface area contributed by atoms with Gasteiger partial charge in [0.05, 0.1) is 17.8 Å². The average Bonchev–Trinajstić information content (AvgIpc) is 2.87. The van der Waals surface area contributed by atoms with E-state index in [4.69, 9.17) is 0 Å². The first-order chi connectivity index (χ1) is 9.50. The second kappa shape index (κ2) is 6.67. The summed E-state index contributed by atoms with van der Waals surface area (Å²) >= 11 is 0. The zero-order valence-corrected chi connectivity index (χ0v) is 13.1. The minimum Gasteiger partial charge on any atom is -0.310 e. The van der Waals surface area contributed by atoms with E-state index in [2.05, 4.69) is 22.3 Å². The van der Waals surface area contributed by atoms with Crippen LogP contribution in [0.1, 0.15) is 50.9 Å². The molecule has 1 aromatic heterocycles. The summed E-state index contributed by atoms with van der Waals surface area (Å²) in [5.41, 5.74) is 0. The molecule has 1 heterocycles. The highest BCUT2D eigenvalue weighted by molar-refractivity contribution is 7.91. The van der Waals surface area contributed by atoms with Crippen molar-refractivity contribution in [3.05, 3.63) is 12.2 Å². The molecule has 2 atom stereocenters. The molecule has 1 aliphatic rings. The number of hydrogen-bond acceptors (Lipinski definition) is 5. The van der Waals surface area contributed by atoms with Crippen molar-refractivity contribution in [2.24, 2.45) is 0 Å². The van der Waals surface area contributed by atoms with E-state index in [9.17, 15) is 8.42 Å². The summed E-state index contributed by atoms with van der Waals surface area (Å²) in [4.78, 5) is 4.29. The first-order valence-corrected chi connectivity index (χ1v) is 9.25. The molecule has 0 aromatic carbocycles. The Bertz CT molecular complexity index is 526. The molecule has 20 heavy (non-hydrogen) atoms. The number of hydrogen-bond donors (Lipinski definition) is 1. The van der Waals surface area contributed by atoms with Crippen LogP contribution in [0.5, 0.6) is 0 Å². The Hall–Kier alpha value is -0.950. The third-order valence-corrected chi connectivity index (χ3v) is 5.48. The smallest absolute Gasteiger partial charge is 0.164 e. The van der Waals surface area contributed by atoms with Crippen molar-refractivity contribution in [3.8, 4) is 0 Å². The highest BCUT2D eigenvalue weighted by atomic mass is 32.2. The van der Waals surface area contributed by atoms with Crippen molar-refractivity contribution in [2.45, 2.75) is 56.9 Å². The van der Waals surface area contributed by atoms with Crippen LogP contribution in [0.15, 0.2) is 6.33 Å². The molecule has 1 fully saturated rings. The third kappa shape index (κ3) is 4.02. The molecule has 0 spiro atoms. The molecule has 0 aliphatic heterocycles. The molecular weight excluding hydrogens is 276 g/mol. The molecule has 0 amide bonds. The van der Waals surface area contributed by atoms with E-state index in [-0.39, 0.29) is 11.3 Å². The van der Waals surface area contributed by atoms with Gasteiger partial charge in [0.25, 0.3) is 0 Å². The fourth-order valence-corrected chi connectivity index (χ4v) is 3.86. The quantitative estimate of drug-likeness (QED) is 0.802. The Morgan fingerprint density at radius 2 is 2.25 bits per heavy atom. The number of nitrogens with zero attached hydrogens (tertiary/aromatic N) is 3. The number of aromatic nitrogens is 3. The second-order valence-electron chi connectivity index (χ2n) is 5.59. The van der Waals surface area contributed by atoms with Gasteiger partial charge in [0.2, 0.25) is 0 Å². The van der Waals surface area contributed by atoms with Crippen LogP contribution in [0.4, 0.5) is 0 Å². The van der Waals surface area contributed by atoms with Crippen molar-refractivity contribution in [1.82, 2.24) is 20.1 Å². The van der Waals surface area contributed by atoms with Crippen molar-refractivity contribution >= 4 is 9.84 Å². The maximum Gasteiger partial charge on any atom is 0.164 e. The van der Waals surface area contributed by atoms with Gasteiger partial charge in [-0.15, -0.1) is 0 Å². The van der Waals surface area contributed by atoms with E-state index in [1.165, 1.54) is 6.26 Å². The van der Waals surface area contributed by atoms with Gasteiger partial charge in [-0.3, -0.25) is 0 Å². The second-order valence-corrected chi connectivity index (χ2v) is 7.92. The van der Waals surface area contributed by atoms with E-state index in [0.717, 1.165) is 38.1 Å². The lowest BCUT2D eigenvalue weighted by Gasteiger charge is -2.27. The standard InChI is InChI=1S/C13H24N4O2S/c1-3-7-14-9-13-15-10-17(16-13)11-5-4-6-12(8-11)20(2,18)19/h10-12,14H,3-9H2,1-2H3. The lowest BCUT2D eigenvalue weighted by Crippen LogP contribution is -2.29. The van der Waals surface area contributed by atoms with Crippen molar-refractivity contribution < 1.29 is 8.42 Å². The highest BCUT2D eigenvalue weighted by Crippen LogP contribution is 2.31. The van der Waals surface area contributed by atoms with Crippen LogP contribution < -0.4 is 5.32 Å². The highest BCUT2D eigenvalue weighted by Gasteiger charge is 2.30. The summed E-state index contributed by atoms with van der Waals surface area (Å²) < 4.78 is 25.2. The first kappa shape index (κ1) is 15.4. The molecule has 0 saturated heterocycles. The Morgan fingerprint density at radius 1 is 1.45 bits per heavy atom. The van der Waals surface area contributed by atoms with E-state index in [1.54, 1.807) is 6.33 Å². The fraction of sp³-hybridized carbons (Fsp3) is 0.846. The van der Waals surface area contributed by atoms with Gasteiger partial charge in [0.1, 0.15) is 16.2 Å². The van der Waals surface area contributed by atoms with Crippen LogP contribution in [-0.4, -0.2) is 41.2 Å². The fourth-order valence-electron chi connectivity index (χ4n) is 2.69. The number of nitrogens with one attached hydrogen (secondary N) is 1. The Kier molecular flexibility index (Phi) is 5.15. The van der Waals surface area contributed by atoms with Gasteiger partial charge in [-0.05, 0) is 32.2 Å². The molecule has 1 N–H and O–H groups in total. The minimum absolute atomic E-state index is 0.163. The summed E-state index contributed by atoms with van der Waals surface area (Å²) in [5.74, 6) is 0.778. The predicted octanol–water partition coefficient (Wildman–Crippen LogP) is 1.31. The van der Waals surface area contributed by atoms with Gasteiger partial charge >= 0.3 is 0 Å². The zero-order chi connectivity index (χ0) is 14.6. The lowest BCUT2D eigenvalue weighted by atomic mass is 9.95. The summed E-state index contributed by atoms with van der Waals surface area (Å²) in [7, 11) is -2.95. The van der Waals surface area contributed by atoms with Gasteiger partial charge in [0, 0.05) is 6.26 Å². The summed E-state index contributed by atoms with van der Waals surface area (Å²) in [6.07, 6.45) is 7.50. The molecule has 2 unspecified atom stereocenters. The van der Waals surface area contributed by atoms with E-state index < -0.39 is 9.84 Å². The van der Waals surface area contributed by atoms with Crippen molar-refractivity contribution in [3.63, 3.8) is 0 Å². The van der Waals surface area contributed by atoms with Gasteiger partial charge in [-0.25, -0.2) is 18.1 Å². The molecule has 1 aromatic rings. The zero-order valence-electron chi connectivity index (χ0n) is 12.2. The lowest BCUT2D eigenvalue weighted by molar-refractivity contribution is 0.327. The maximum atomic E-state index is 11.7. The molecular formula is C13H24N4O2S. The van der Waals surface area contributed by atoms with E-state index in [0.29, 0.717) is 13.0 Å². The molecule has 0 radical (unpaired) electrons. The average molecular weight is 300 g/mol. The van der Waals surface area contributed by atoms with Gasteiger partial charge < -0.3 is 5.32 Å². The van der Waals surface area contributed by atoms with Gasteiger partial charge in [-0.2, -0.15) is 5.10 Å². The molecule has 2 rings (SSSR count). The topological polar surface area (TPSA) is 76.9 Å². The Morgan fingerprint density at radius 3 is 2.95 bits per heavy atom. The molecule has 0 bridgehead atoms. The summed E-state index contributed by atoms with van der Waals surface area (Å²) in [6.45, 7) is 3.74. The van der Waals surface area contributed by atoms with Crippen molar-refractivity contribution in [2.75, 3.05) is 12.8 Å². The van der Waals surface area contributed by atoms with Crippen LogP contribution in [-0.2, 0) is 16.4 Å². The van der Waals surface area contributed by atoms with Gasteiger partial charge in [0.15, 0.2) is 5.82 Å².